The minimum Gasteiger partial charge on any atom is -0.435 e. The molecule has 0 aromatic heterocycles. The molecule has 0 aliphatic rings. The van der Waals surface area contributed by atoms with Crippen LogP contribution in [0.5, 0.6) is 5.75 Å². The van der Waals surface area contributed by atoms with Crippen LogP contribution >= 0.6 is 0 Å². The van der Waals surface area contributed by atoms with Crippen molar-refractivity contribution in [2.24, 2.45) is 0 Å². The molecule has 26 heavy (non-hydrogen) atoms. The first-order chi connectivity index (χ1) is 12.0. The molecule has 0 atom stereocenters. The Bertz CT molecular complexity index is 925. The van der Waals surface area contributed by atoms with Gasteiger partial charge in [-0.1, -0.05) is 0 Å². The molecule has 0 fully saturated rings. The van der Waals surface area contributed by atoms with Crippen molar-refractivity contribution < 1.29 is 21.9 Å². The fraction of sp³-hybridized carbons (Fsp3) is 0.368. The van der Waals surface area contributed by atoms with Crippen LogP contribution < -0.4 is 9.46 Å². The fourth-order valence-corrected chi connectivity index (χ4v) is 4.72. The van der Waals surface area contributed by atoms with Gasteiger partial charge in [0.1, 0.15) is 5.75 Å². The molecule has 0 heterocycles. The van der Waals surface area contributed by atoms with E-state index in [0.717, 1.165) is 16.7 Å². The Labute approximate surface area is 153 Å². The van der Waals surface area contributed by atoms with Gasteiger partial charge in [0.15, 0.2) is 0 Å². The molecular weight excluding hydrogens is 360 g/mol. The Kier molecular flexibility index (Phi) is 5.61. The van der Waals surface area contributed by atoms with Crippen molar-refractivity contribution in [1.82, 2.24) is 0 Å². The first-order valence-electron chi connectivity index (χ1n) is 8.11. The molecule has 4 nitrogen and oxygen atoms in total. The molecule has 2 rings (SSSR count). The third-order valence-corrected chi connectivity index (χ3v) is 6.51. The van der Waals surface area contributed by atoms with Gasteiger partial charge in [-0.2, -0.15) is 8.78 Å². The van der Waals surface area contributed by atoms with E-state index in [-0.39, 0.29) is 10.6 Å². The van der Waals surface area contributed by atoms with E-state index in [9.17, 15) is 17.2 Å². The second-order valence-electron chi connectivity index (χ2n) is 6.41. The van der Waals surface area contributed by atoms with Gasteiger partial charge in [0.25, 0.3) is 10.0 Å². The number of sulfonamides is 1. The zero-order chi connectivity index (χ0) is 19.8. The van der Waals surface area contributed by atoms with Crippen molar-refractivity contribution in [3.8, 4) is 5.75 Å². The summed E-state index contributed by atoms with van der Waals surface area (Å²) in [5, 5.41) is 0. The predicted molar refractivity (Wildman–Crippen MR) is 98.7 cm³/mol. The number of alkyl halides is 2. The average Bonchev–Trinajstić information content (AvgIpc) is 2.53. The minimum absolute atomic E-state index is 0.0187. The number of halogens is 2. The lowest BCUT2D eigenvalue weighted by molar-refractivity contribution is -0.0498. The summed E-state index contributed by atoms with van der Waals surface area (Å²) < 4.78 is 57.5. The maximum Gasteiger partial charge on any atom is 0.387 e. The summed E-state index contributed by atoms with van der Waals surface area (Å²) in [5.74, 6) is -0.0187. The van der Waals surface area contributed by atoms with Crippen molar-refractivity contribution in [2.75, 3.05) is 4.72 Å². The molecule has 2 aromatic carbocycles. The number of nitrogens with one attached hydrogen (secondary N) is 1. The molecule has 0 radical (unpaired) electrons. The third kappa shape index (κ3) is 3.82. The van der Waals surface area contributed by atoms with Crippen LogP contribution in [-0.4, -0.2) is 15.0 Å². The van der Waals surface area contributed by atoms with Crippen LogP contribution in [0.25, 0.3) is 0 Å². The first kappa shape index (κ1) is 20.2. The van der Waals surface area contributed by atoms with Crippen LogP contribution in [0.1, 0.15) is 33.4 Å². The molecule has 0 amide bonds. The van der Waals surface area contributed by atoms with E-state index >= 15 is 0 Å². The smallest absolute Gasteiger partial charge is 0.387 e. The number of benzene rings is 2. The normalized spacial score (nSPS) is 11.7. The summed E-state index contributed by atoms with van der Waals surface area (Å²) in [6, 6.07) is 4.10. The summed E-state index contributed by atoms with van der Waals surface area (Å²) in [7, 11) is -3.83. The number of rotatable bonds is 5. The lowest BCUT2D eigenvalue weighted by Gasteiger charge is -2.20. The summed E-state index contributed by atoms with van der Waals surface area (Å²) in [6.07, 6.45) is 0. The van der Waals surface area contributed by atoms with Gasteiger partial charge in [0.05, 0.1) is 10.6 Å². The minimum atomic E-state index is -3.83. The number of anilines is 1. The molecular formula is C19H23F2NO3S. The van der Waals surface area contributed by atoms with E-state index in [2.05, 4.69) is 9.46 Å². The second-order valence-corrected chi connectivity index (χ2v) is 8.03. The number of hydrogen-bond acceptors (Lipinski definition) is 3. The third-order valence-electron chi connectivity index (χ3n) is 4.87. The largest absolute Gasteiger partial charge is 0.435 e. The monoisotopic (exact) mass is 383 g/mol. The summed E-state index contributed by atoms with van der Waals surface area (Å²) in [4.78, 5) is 0.255. The summed E-state index contributed by atoms with van der Waals surface area (Å²) >= 11 is 0. The zero-order valence-corrected chi connectivity index (χ0v) is 16.5. The van der Waals surface area contributed by atoms with E-state index in [1.165, 1.54) is 18.2 Å². The van der Waals surface area contributed by atoms with E-state index in [0.29, 0.717) is 22.4 Å². The van der Waals surface area contributed by atoms with Crippen molar-refractivity contribution in [3.05, 3.63) is 51.6 Å². The van der Waals surface area contributed by atoms with E-state index in [4.69, 9.17) is 0 Å². The van der Waals surface area contributed by atoms with Gasteiger partial charge in [-0.3, -0.25) is 4.72 Å². The van der Waals surface area contributed by atoms with Crippen LogP contribution in [0.2, 0.25) is 0 Å². The lowest BCUT2D eigenvalue weighted by Crippen LogP contribution is -2.18. The number of aryl methyl sites for hydroxylation is 1. The second kappa shape index (κ2) is 7.23. The summed E-state index contributed by atoms with van der Waals surface area (Å²) in [6.45, 7) is 8.05. The van der Waals surface area contributed by atoms with Gasteiger partial charge >= 0.3 is 6.61 Å². The van der Waals surface area contributed by atoms with Gasteiger partial charge in [-0.15, -0.1) is 0 Å². The van der Waals surface area contributed by atoms with Crippen LogP contribution in [0.3, 0.4) is 0 Å². The molecule has 142 valence electrons. The predicted octanol–water partition coefficient (Wildman–Crippen LogP) is 4.94. The average molecular weight is 383 g/mol. The van der Waals surface area contributed by atoms with E-state index in [1.54, 1.807) is 20.8 Å². The van der Waals surface area contributed by atoms with Gasteiger partial charge < -0.3 is 4.74 Å². The highest BCUT2D eigenvalue weighted by Gasteiger charge is 2.24. The van der Waals surface area contributed by atoms with Crippen molar-refractivity contribution in [3.63, 3.8) is 0 Å². The van der Waals surface area contributed by atoms with E-state index in [1.807, 2.05) is 20.8 Å². The highest BCUT2D eigenvalue weighted by Crippen LogP contribution is 2.32. The van der Waals surface area contributed by atoms with Gasteiger partial charge in [0.2, 0.25) is 0 Å². The molecule has 2 aromatic rings. The zero-order valence-electron chi connectivity index (χ0n) is 15.7. The van der Waals surface area contributed by atoms with Gasteiger partial charge in [0, 0.05) is 0 Å². The van der Waals surface area contributed by atoms with Gasteiger partial charge in [-0.25, -0.2) is 8.42 Å². The Hall–Kier alpha value is -2.15. The Morgan fingerprint density at radius 1 is 0.885 bits per heavy atom. The molecule has 7 heteroatoms. The number of ether oxygens (including phenoxy) is 1. The molecule has 0 bridgehead atoms. The molecule has 1 N–H and O–H groups in total. The van der Waals surface area contributed by atoms with Crippen LogP contribution in [0, 0.1) is 41.5 Å². The molecule has 0 aliphatic carbocycles. The topological polar surface area (TPSA) is 55.4 Å². The molecule has 0 saturated heterocycles. The quantitative estimate of drug-likeness (QED) is 0.796. The maximum atomic E-state index is 13.0. The molecule has 0 spiro atoms. The highest BCUT2D eigenvalue weighted by molar-refractivity contribution is 7.92. The summed E-state index contributed by atoms with van der Waals surface area (Å²) in [5.41, 5.74) is 5.16. The molecule has 0 unspecified atom stereocenters. The standard InChI is InChI=1S/C19H23F2NO3S/c1-10-9-16(25-19(20)21)7-8-17(10)22-26(23,24)18-14(5)12(3)11(2)13(4)15(18)6/h7-9,19,22H,1-6H3. The van der Waals surface area contributed by atoms with Crippen LogP contribution in [0.15, 0.2) is 23.1 Å². The lowest BCUT2D eigenvalue weighted by atomic mass is 9.95. The van der Waals surface area contributed by atoms with E-state index < -0.39 is 16.6 Å². The van der Waals surface area contributed by atoms with Crippen molar-refractivity contribution in [2.45, 2.75) is 53.0 Å². The van der Waals surface area contributed by atoms with Crippen molar-refractivity contribution in [1.29, 1.82) is 0 Å². The SMILES string of the molecule is Cc1cc(OC(F)F)ccc1NS(=O)(=O)c1c(C)c(C)c(C)c(C)c1C. The van der Waals surface area contributed by atoms with Crippen molar-refractivity contribution >= 4 is 15.7 Å². The van der Waals surface area contributed by atoms with Crippen LogP contribution in [-0.2, 0) is 10.0 Å². The van der Waals surface area contributed by atoms with Gasteiger partial charge in [-0.05, 0) is 93.1 Å². The van der Waals surface area contributed by atoms with Crippen LogP contribution in [0.4, 0.5) is 14.5 Å². The highest BCUT2D eigenvalue weighted by atomic mass is 32.2. The maximum absolute atomic E-state index is 13.0. The number of hydrogen-bond donors (Lipinski definition) is 1. The molecule has 0 saturated carbocycles. The Morgan fingerprint density at radius 3 is 1.85 bits per heavy atom. The first-order valence-corrected chi connectivity index (χ1v) is 9.59. The Balaban J connectivity index is 2.48. The Morgan fingerprint density at radius 2 is 1.38 bits per heavy atom. The fourth-order valence-electron chi connectivity index (χ4n) is 2.99. The molecule has 0 aliphatic heterocycles.